The Hall–Kier alpha value is -1.75. The lowest BCUT2D eigenvalue weighted by Crippen LogP contribution is -2.51. The minimum absolute atomic E-state index is 0.0150. The molecule has 3 atom stereocenters. The third-order valence-electron chi connectivity index (χ3n) is 6.88. The first-order valence-corrected chi connectivity index (χ1v) is 12.0. The molecule has 0 saturated heterocycles. The van der Waals surface area contributed by atoms with Crippen molar-refractivity contribution >= 4 is 17.3 Å². The number of anilines is 2. The number of hydrogen-bond acceptors (Lipinski definition) is 4. The Balaban J connectivity index is 1.87. The molecule has 0 fully saturated rings. The van der Waals surface area contributed by atoms with Gasteiger partial charge in [-0.05, 0) is 36.8 Å². The molecule has 5 heteroatoms. The maximum Gasteiger partial charge on any atom is 0.243 e. The summed E-state index contributed by atoms with van der Waals surface area (Å²) in [6.07, 6.45) is 9.70. The molecule has 0 spiro atoms. The number of benzene rings is 1. The van der Waals surface area contributed by atoms with Crippen LogP contribution in [0, 0.1) is 5.92 Å². The van der Waals surface area contributed by atoms with Crippen molar-refractivity contribution in [1.29, 1.82) is 0 Å². The number of nitrogens with zero attached hydrogens (tertiary/aromatic N) is 1. The SMILES string of the molecule is CCCCCCCCc1ccc2c3c1NCC3C[C@@H](CO)NC(=O)[C@H](C(C)C)N2C. The van der Waals surface area contributed by atoms with E-state index in [0.29, 0.717) is 5.92 Å². The fourth-order valence-electron chi connectivity index (χ4n) is 5.30. The number of hydrogen-bond donors (Lipinski definition) is 3. The molecule has 1 amide bonds. The minimum Gasteiger partial charge on any atom is -0.394 e. The third-order valence-corrected chi connectivity index (χ3v) is 6.88. The maximum absolute atomic E-state index is 13.0. The molecule has 2 aliphatic heterocycles. The second-order valence-corrected chi connectivity index (χ2v) is 9.55. The maximum atomic E-state index is 13.0. The molecule has 0 bridgehead atoms. The molecule has 30 heavy (non-hydrogen) atoms. The molecule has 1 unspecified atom stereocenters. The summed E-state index contributed by atoms with van der Waals surface area (Å²) in [5, 5.41) is 16.7. The fourth-order valence-corrected chi connectivity index (χ4v) is 5.30. The number of carbonyl (C=O) groups excluding carboxylic acids is 1. The summed E-state index contributed by atoms with van der Waals surface area (Å²) >= 11 is 0. The van der Waals surface area contributed by atoms with Crippen LogP contribution in [0.1, 0.15) is 82.8 Å². The molecule has 0 saturated carbocycles. The van der Waals surface area contributed by atoms with Gasteiger partial charge in [0.25, 0.3) is 0 Å². The number of carbonyl (C=O) groups is 1. The van der Waals surface area contributed by atoms with Crippen molar-refractivity contribution in [3.63, 3.8) is 0 Å². The molecule has 1 aromatic carbocycles. The molecule has 1 aromatic rings. The number of nitrogens with one attached hydrogen (secondary N) is 2. The van der Waals surface area contributed by atoms with Gasteiger partial charge in [0.05, 0.1) is 12.6 Å². The number of amides is 1. The predicted molar refractivity (Wildman–Crippen MR) is 125 cm³/mol. The third kappa shape index (κ3) is 4.93. The van der Waals surface area contributed by atoms with E-state index in [1.54, 1.807) is 0 Å². The van der Waals surface area contributed by atoms with E-state index in [0.717, 1.165) is 19.4 Å². The zero-order valence-electron chi connectivity index (χ0n) is 19.3. The van der Waals surface area contributed by atoms with E-state index < -0.39 is 0 Å². The van der Waals surface area contributed by atoms with Gasteiger partial charge >= 0.3 is 0 Å². The van der Waals surface area contributed by atoms with Crippen molar-refractivity contribution in [3.05, 3.63) is 23.3 Å². The van der Waals surface area contributed by atoms with Crippen molar-refractivity contribution in [2.75, 3.05) is 30.4 Å². The Morgan fingerprint density at radius 2 is 1.90 bits per heavy atom. The Kier molecular flexibility index (Phi) is 8.04. The van der Waals surface area contributed by atoms with Crippen molar-refractivity contribution in [1.82, 2.24) is 5.32 Å². The topological polar surface area (TPSA) is 64.6 Å². The second kappa shape index (κ2) is 10.5. The van der Waals surface area contributed by atoms with Crippen LogP contribution in [-0.4, -0.2) is 43.3 Å². The van der Waals surface area contributed by atoms with Crippen LogP contribution in [0.4, 0.5) is 11.4 Å². The van der Waals surface area contributed by atoms with Crippen LogP contribution in [-0.2, 0) is 11.2 Å². The number of aliphatic hydroxyl groups excluding tert-OH is 1. The van der Waals surface area contributed by atoms with Crippen molar-refractivity contribution in [3.8, 4) is 0 Å². The highest BCUT2D eigenvalue weighted by atomic mass is 16.3. The van der Waals surface area contributed by atoms with Crippen LogP contribution in [0.2, 0.25) is 0 Å². The Morgan fingerprint density at radius 1 is 1.17 bits per heavy atom. The molecular weight excluding hydrogens is 374 g/mol. The van der Waals surface area contributed by atoms with Crippen LogP contribution >= 0.6 is 0 Å². The summed E-state index contributed by atoms with van der Waals surface area (Å²) < 4.78 is 0. The van der Waals surface area contributed by atoms with Crippen LogP contribution in [0.25, 0.3) is 0 Å². The summed E-state index contributed by atoms with van der Waals surface area (Å²) in [6, 6.07) is 4.06. The van der Waals surface area contributed by atoms with E-state index in [-0.39, 0.29) is 30.5 Å². The van der Waals surface area contributed by atoms with Crippen molar-refractivity contribution < 1.29 is 9.90 Å². The Morgan fingerprint density at radius 3 is 2.60 bits per heavy atom. The molecule has 0 radical (unpaired) electrons. The minimum atomic E-state index is -0.244. The second-order valence-electron chi connectivity index (χ2n) is 9.55. The quantitative estimate of drug-likeness (QED) is 0.522. The average Bonchev–Trinajstić information content (AvgIpc) is 3.14. The van der Waals surface area contributed by atoms with Gasteiger partial charge in [-0.25, -0.2) is 0 Å². The lowest BCUT2D eigenvalue weighted by molar-refractivity contribution is -0.124. The molecule has 2 aliphatic rings. The normalized spacial score (nSPS) is 23.5. The van der Waals surface area contributed by atoms with E-state index in [1.807, 2.05) is 7.05 Å². The molecule has 5 nitrogen and oxygen atoms in total. The average molecular weight is 416 g/mol. The zero-order chi connectivity index (χ0) is 21.7. The van der Waals surface area contributed by atoms with Gasteiger partial charge in [0.2, 0.25) is 5.91 Å². The molecule has 3 rings (SSSR count). The standard InChI is InChI=1S/C25H41N3O2/c1-5-6-7-8-9-10-11-18-12-13-21-22-19(15-26-23(18)22)14-20(16-29)27-25(30)24(17(2)3)28(21)4/h12-13,17,19-20,24,26,29H,5-11,14-16H2,1-4H3,(H,27,30)/t19?,20-,24-/m0/s1. The molecule has 2 heterocycles. The molecule has 168 valence electrons. The van der Waals surface area contributed by atoms with Crippen LogP contribution < -0.4 is 15.5 Å². The molecule has 0 aliphatic carbocycles. The Bertz CT molecular complexity index is 719. The molecular formula is C25H41N3O2. The van der Waals surface area contributed by atoms with Crippen molar-refractivity contribution in [2.24, 2.45) is 5.92 Å². The largest absolute Gasteiger partial charge is 0.394 e. The number of aliphatic hydroxyl groups is 1. The molecule has 3 N–H and O–H groups in total. The summed E-state index contributed by atoms with van der Waals surface area (Å²) in [5.41, 5.74) is 5.20. The number of likely N-dealkylation sites (N-methyl/N-ethyl adjacent to an activating group) is 1. The highest BCUT2D eigenvalue weighted by Crippen LogP contribution is 2.44. The van der Waals surface area contributed by atoms with Crippen LogP contribution in [0.15, 0.2) is 12.1 Å². The summed E-state index contributed by atoms with van der Waals surface area (Å²) in [4.78, 5) is 15.2. The lowest BCUT2D eigenvalue weighted by Gasteiger charge is -2.33. The van der Waals surface area contributed by atoms with Gasteiger partial charge in [0.1, 0.15) is 6.04 Å². The van der Waals surface area contributed by atoms with Gasteiger partial charge < -0.3 is 20.6 Å². The van der Waals surface area contributed by atoms with E-state index in [1.165, 1.54) is 61.0 Å². The number of rotatable bonds is 9. The van der Waals surface area contributed by atoms with Gasteiger partial charge in [-0.15, -0.1) is 0 Å². The summed E-state index contributed by atoms with van der Waals surface area (Å²) in [7, 11) is 2.04. The zero-order valence-corrected chi connectivity index (χ0v) is 19.3. The first-order valence-electron chi connectivity index (χ1n) is 12.0. The highest BCUT2D eigenvalue weighted by Gasteiger charge is 2.37. The number of unbranched alkanes of at least 4 members (excludes halogenated alkanes) is 5. The monoisotopic (exact) mass is 415 g/mol. The first-order chi connectivity index (χ1) is 14.5. The molecule has 0 aromatic heterocycles. The Labute approximate surface area is 182 Å². The summed E-state index contributed by atoms with van der Waals surface area (Å²) in [5.74, 6) is 0.508. The number of aryl methyl sites for hydroxylation is 1. The van der Waals surface area contributed by atoms with E-state index >= 15 is 0 Å². The van der Waals surface area contributed by atoms with Crippen molar-refractivity contribution in [2.45, 2.75) is 90.1 Å². The van der Waals surface area contributed by atoms with Gasteiger partial charge in [-0.1, -0.05) is 58.9 Å². The predicted octanol–water partition coefficient (Wildman–Crippen LogP) is 4.44. The van der Waals surface area contributed by atoms with E-state index in [2.05, 4.69) is 48.4 Å². The van der Waals surface area contributed by atoms with Crippen LogP contribution in [0.3, 0.4) is 0 Å². The fraction of sp³-hybridized carbons (Fsp3) is 0.720. The van der Waals surface area contributed by atoms with Crippen LogP contribution in [0.5, 0.6) is 0 Å². The first kappa shape index (κ1) is 22.9. The van der Waals surface area contributed by atoms with E-state index in [9.17, 15) is 9.90 Å². The lowest BCUT2D eigenvalue weighted by atomic mass is 9.90. The highest BCUT2D eigenvalue weighted by molar-refractivity contribution is 5.87. The van der Waals surface area contributed by atoms with Gasteiger partial charge in [-0.2, -0.15) is 0 Å². The summed E-state index contributed by atoms with van der Waals surface area (Å²) in [6.45, 7) is 7.31. The van der Waals surface area contributed by atoms with Gasteiger partial charge in [0.15, 0.2) is 0 Å². The van der Waals surface area contributed by atoms with E-state index in [4.69, 9.17) is 0 Å². The smallest absolute Gasteiger partial charge is 0.243 e. The van der Waals surface area contributed by atoms with Gasteiger partial charge in [-0.3, -0.25) is 4.79 Å². The van der Waals surface area contributed by atoms with Gasteiger partial charge in [0, 0.05) is 36.4 Å².